The standard InChI is InChI=1S/C28H36F2N8O3/c1-28(2,3)41-27(40)37-13-5-6-17(15-37)33-25-32-14-21-24(36-25)38(18-11-9-16(10-12-18)23(31)39)26(34-21)35-22-19(29)7-4-8-20(22)30/h4,7-8,14,16-18H,5-6,9-13,15H2,1-3H3,(H2,31,39)(H,34,35)(H,32,33,36)/t16?,17-,18?/m1/s1. The molecule has 220 valence electrons. The van der Waals surface area contributed by atoms with Crippen LogP contribution in [0, 0.1) is 17.6 Å². The van der Waals surface area contributed by atoms with Gasteiger partial charge >= 0.3 is 6.09 Å². The minimum absolute atomic E-state index is 0.0961. The van der Waals surface area contributed by atoms with Crippen molar-refractivity contribution in [1.29, 1.82) is 0 Å². The quantitative estimate of drug-likeness (QED) is 0.381. The molecule has 11 nitrogen and oxygen atoms in total. The lowest BCUT2D eigenvalue weighted by Gasteiger charge is -2.34. The van der Waals surface area contributed by atoms with Crippen molar-refractivity contribution >= 4 is 40.7 Å². The minimum atomic E-state index is -0.749. The normalized spacial score (nSPS) is 21.5. The number of anilines is 3. The number of para-hydroxylation sites is 1. The summed E-state index contributed by atoms with van der Waals surface area (Å²) in [6.07, 6.45) is 5.23. The molecule has 0 radical (unpaired) electrons. The molecule has 13 heteroatoms. The Hall–Kier alpha value is -4.03. The lowest BCUT2D eigenvalue weighted by molar-refractivity contribution is -0.122. The number of benzene rings is 1. The molecular formula is C28H36F2N8O3. The topological polar surface area (TPSA) is 140 Å². The number of amides is 2. The van der Waals surface area contributed by atoms with Gasteiger partial charge in [-0.2, -0.15) is 4.98 Å². The number of carbonyl (C=O) groups is 2. The van der Waals surface area contributed by atoms with Crippen molar-refractivity contribution in [1.82, 2.24) is 24.4 Å². The highest BCUT2D eigenvalue weighted by Gasteiger charge is 2.31. The van der Waals surface area contributed by atoms with Crippen LogP contribution in [0.3, 0.4) is 0 Å². The van der Waals surface area contributed by atoms with Gasteiger partial charge in [0.2, 0.25) is 17.8 Å². The van der Waals surface area contributed by atoms with Gasteiger partial charge in [-0.25, -0.2) is 23.5 Å². The van der Waals surface area contributed by atoms with Crippen LogP contribution in [0.4, 0.5) is 31.2 Å². The van der Waals surface area contributed by atoms with Crippen LogP contribution >= 0.6 is 0 Å². The first-order valence-corrected chi connectivity index (χ1v) is 14.0. The van der Waals surface area contributed by atoms with Crippen LogP contribution in [0.15, 0.2) is 24.4 Å². The van der Waals surface area contributed by atoms with Crippen LogP contribution in [-0.2, 0) is 9.53 Å². The summed E-state index contributed by atoms with van der Waals surface area (Å²) in [5, 5.41) is 6.17. The smallest absolute Gasteiger partial charge is 0.410 e. The maximum atomic E-state index is 14.5. The Morgan fingerprint density at radius 1 is 1.07 bits per heavy atom. The number of nitrogens with one attached hydrogen (secondary N) is 2. The first kappa shape index (κ1) is 28.5. The largest absolute Gasteiger partial charge is 0.444 e. The molecule has 0 bridgehead atoms. The Kier molecular flexibility index (Phi) is 7.96. The van der Waals surface area contributed by atoms with Crippen molar-refractivity contribution in [2.75, 3.05) is 23.7 Å². The fraction of sp³-hybridized carbons (Fsp3) is 0.536. The number of fused-ring (bicyclic) bond motifs is 1. The second kappa shape index (κ2) is 11.5. The Labute approximate surface area is 236 Å². The Balaban J connectivity index is 1.43. The molecule has 1 saturated heterocycles. The van der Waals surface area contributed by atoms with Crippen molar-refractivity contribution < 1.29 is 23.1 Å². The third-order valence-corrected chi connectivity index (χ3v) is 7.50. The van der Waals surface area contributed by atoms with E-state index in [4.69, 9.17) is 15.5 Å². The zero-order valence-corrected chi connectivity index (χ0v) is 23.5. The fourth-order valence-electron chi connectivity index (χ4n) is 5.51. The average Bonchev–Trinajstić information content (AvgIpc) is 3.27. The van der Waals surface area contributed by atoms with Gasteiger partial charge in [0.15, 0.2) is 5.65 Å². The zero-order valence-electron chi connectivity index (χ0n) is 23.5. The van der Waals surface area contributed by atoms with E-state index in [0.29, 0.717) is 55.9 Å². The number of carbonyl (C=O) groups excluding carboxylic acids is 2. The van der Waals surface area contributed by atoms with Gasteiger partial charge in [0.1, 0.15) is 28.4 Å². The summed E-state index contributed by atoms with van der Waals surface area (Å²) in [4.78, 5) is 39.8. The summed E-state index contributed by atoms with van der Waals surface area (Å²) in [5.41, 5.74) is 5.58. The molecule has 1 aliphatic carbocycles. The van der Waals surface area contributed by atoms with Gasteiger partial charge in [-0.05, 0) is 71.4 Å². The third kappa shape index (κ3) is 6.49. The number of imidazole rings is 1. The first-order chi connectivity index (χ1) is 19.5. The number of halogens is 2. The molecule has 41 heavy (non-hydrogen) atoms. The molecule has 5 rings (SSSR count). The first-order valence-electron chi connectivity index (χ1n) is 14.0. The molecule has 2 aliphatic rings. The molecule has 3 heterocycles. The molecule has 2 aromatic heterocycles. The van der Waals surface area contributed by atoms with Gasteiger partial charge in [0.25, 0.3) is 0 Å². The maximum Gasteiger partial charge on any atom is 0.410 e. The van der Waals surface area contributed by atoms with Crippen LogP contribution in [0.25, 0.3) is 11.2 Å². The Morgan fingerprint density at radius 2 is 1.78 bits per heavy atom. The van der Waals surface area contributed by atoms with Gasteiger partial charge in [-0.3, -0.25) is 9.36 Å². The summed E-state index contributed by atoms with van der Waals surface area (Å²) >= 11 is 0. The van der Waals surface area contributed by atoms with Crippen molar-refractivity contribution in [2.24, 2.45) is 11.7 Å². The number of hydrogen-bond acceptors (Lipinski definition) is 8. The lowest BCUT2D eigenvalue weighted by Crippen LogP contribution is -2.47. The minimum Gasteiger partial charge on any atom is -0.444 e. The van der Waals surface area contributed by atoms with Crippen LogP contribution in [0.5, 0.6) is 0 Å². The summed E-state index contributed by atoms with van der Waals surface area (Å²) in [6.45, 7) is 6.55. The average molecular weight is 571 g/mol. The predicted octanol–water partition coefficient (Wildman–Crippen LogP) is 4.88. The number of likely N-dealkylation sites (tertiary alicyclic amines) is 1. The number of rotatable bonds is 6. The second-order valence-electron chi connectivity index (χ2n) is 11.7. The predicted molar refractivity (Wildman–Crippen MR) is 150 cm³/mol. The number of hydrogen-bond donors (Lipinski definition) is 3. The molecular weight excluding hydrogens is 534 g/mol. The monoisotopic (exact) mass is 570 g/mol. The summed E-state index contributed by atoms with van der Waals surface area (Å²) < 4.78 is 36.5. The van der Waals surface area contributed by atoms with E-state index in [1.165, 1.54) is 18.2 Å². The summed E-state index contributed by atoms with van der Waals surface area (Å²) in [5.74, 6) is -1.46. The molecule has 2 amide bonds. The fourth-order valence-corrected chi connectivity index (χ4v) is 5.51. The van der Waals surface area contributed by atoms with Gasteiger partial charge in [0, 0.05) is 31.1 Å². The van der Waals surface area contributed by atoms with Gasteiger partial charge in [0.05, 0.1) is 6.20 Å². The number of primary amides is 1. The second-order valence-corrected chi connectivity index (χ2v) is 11.7. The molecule has 1 aliphatic heterocycles. The number of nitrogens with zero attached hydrogens (tertiary/aromatic N) is 5. The van der Waals surface area contributed by atoms with E-state index in [-0.39, 0.29) is 41.6 Å². The number of ether oxygens (including phenoxy) is 1. The van der Waals surface area contributed by atoms with Crippen LogP contribution < -0.4 is 16.4 Å². The van der Waals surface area contributed by atoms with E-state index in [9.17, 15) is 18.4 Å². The van der Waals surface area contributed by atoms with E-state index < -0.39 is 17.2 Å². The third-order valence-electron chi connectivity index (χ3n) is 7.50. The Bertz CT molecular complexity index is 1410. The molecule has 0 spiro atoms. The Morgan fingerprint density at radius 3 is 2.44 bits per heavy atom. The SMILES string of the molecule is CC(C)(C)OC(=O)N1CCC[C@@H](Nc2ncc3nc(Nc4c(F)cccc4F)n(C4CCC(C(N)=O)CC4)c3n2)C1. The molecule has 1 saturated carbocycles. The molecule has 1 aromatic carbocycles. The highest BCUT2D eigenvalue weighted by molar-refractivity contribution is 5.78. The summed E-state index contributed by atoms with van der Waals surface area (Å²) in [7, 11) is 0. The lowest BCUT2D eigenvalue weighted by atomic mass is 9.85. The van der Waals surface area contributed by atoms with Crippen LogP contribution in [0.2, 0.25) is 0 Å². The highest BCUT2D eigenvalue weighted by Crippen LogP contribution is 2.37. The van der Waals surface area contributed by atoms with E-state index in [0.717, 1.165) is 12.8 Å². The van der Waals surface area contributed by atoms with Gasteiger partial charge in [-0.1, -0.05) is 6.07 Å². The molecule has 2 fully saturated rings. The number of nitrogens with two attached hydrogens (primary N) is 1. The zero-order chi connectivity index (χ0) is 29.3. The van der Waals surface area contributed by atoms with Crippen LogP contribution in [-0.4, -0.2) is 61.2 Å². The number of piperidine rings is 1. The molecule has 0 unspecified atom stereocenters. The van der Waals surface area contributed by atoms with Crippen molar-refractivity contribution in [3.8, 4) is 0 Å². The molecule has 1 atom stereocenters. The maximum absolute atomic E-state index is 14.5. The number of aromatic nitrogens is 4. The highest BCUT2D eigenvalue weighted by atomic mass is 19.1. The van der Waals surface area contributed by atoms with Crippen molar-refractivity contribution in [2.45, 2.75) is 77.0 Å². The summed E-state index contributed by atoms with van der Waals surface area (Å²) in [6, 6.07) is 3.41. The van der Waals surface area contributed by atoms with E-state index in [2.05, 4.69) is 20.6 Å². The van der Waals surface area contributed by atoms with Crippen molar-refractivity contribution in [3.05, 3.63) is 36.0 Å². The van der Waals surface area contributed by atoms with E-state index in [1.54, 1.807) is 11.1 Å². The van der Waals surface area contributed by atoms with Crippen LogP contribution in [0.1, 0.15) is 65.3 Å². The molecule has 3 aromatic rings. The molecule has 4 N–H and O–H groups in total. The van der Waals surface area contributed by atoms with E-state index in [1.807, 2.05) is 25.3 Å². The van der Waals surface area contributed by atoms with Gasteiger partial charge in [-0.15, -0.1) is 0 Å². The van der Waals surface area contributed by atoms with Crippen molar-refractivity contribution in [3.63, 3.8) is 0 Å². The van der Waals surface area contributed by atoms with E-state index >= 15 is 0 Å². The van der Waals surface area contributed by atoms with Gasteiger partial charge < -0.3 is 26.0 Å².